The number of benzene rings is 1. The van der Waals surface area contributed by atoms with Crippen LogP contribution in [0.4, 0.5) is 4.39 Å². The van der Waals surface area contributed by atoms with Crippen molar-refractivity contribution in [3.8, 4) is 0 Å². The molecule has 0 bridgehead atoms. The zero-order valence-electron chi connectivity index (χ0n) is 9.31. The number of ether oxygens (including phenoxy) is 1. The number of halogens is 1. The molecule has 1 aliphatic heterocycles. The molecule has 0 saturated carbocycles. The quantitative estimate of drug-likeness (QED) is 0.755. The van der Waals surface area contributed by atoms with Crippen LogP contribution in [-0.4, -0.2) is 24.9 Å². The lowest BCUT2D eigenvalue weighted by Crippen LogP contribution is -2.15. The van der Waals surface area contributed by atoms with Gasteiger partial charge in [-0.2, -0.15) is 0 Å². The first-order valence-electron chi connectivity index (χ1n) is 5.15. The molecule has 0 unspecified atom stereocenters. The number of nitrogens with zero attached hydrogens (tertiary/aromatic N) is 1. The van der Waals surface area contributed by atoms with E-state index in [1.165, 1.54) is 4.90 Å². The molecular formula is C12H14FNOS. The van der Waals surface area contributed by atoms with Gasteiger partial charge in [0.25, 0.3) is 0 Å². The summed E-state index contributed by atoms with van der Waals surface area (Å²) in [5.74, 6) is 0.571. The second kappa shape index (κ2) is 4.87. The molecule has 4 heteroatoms. The van der Waals surface area contributed by atoms with E-state index in [2.05, 4.69) is 4.99 Å². The summed E-state index contributed by atoms with van der Waals surface area (Å²) in [6, 6.07) is 7.61. The molecule has 1 aliphatic rings. The summed E-state index contributed by atoms with van der Waals surface area (Å²) >= 11 is 1.68. The second-order valence-electron chi connectivity index (χ2n) is 3.68. The molecular weight excluding hydrogens is 225 g/mol. The number of hydrogen-bond acceptors (Lipinski definition) is 3. The summed E-state index contributed by atoms with van der Waals surface area (Å²) in [6.45, 7) is 1.28. The Balaban J connectivity index is 2.18. The van der Waals surface area contributed by atoms with Crippen molar-refractivity contribution in [1.82, 2.24) is 0 Å². The van der Waals surface area contributed by atoms with Crippen LogP contribution in [-0.2, 0) is 4.74 Å². The van der Waals surface area contributed by atoms with E-state index < -0.39 is 6.67 Å². The first kappa shape index (κ1) is 11.5. The maximum Gasteiger partial charge on any atom is 0.181 e. The fraction of sp³-hybridized carbons (Fsp3) is 0.417. The summed E-state index contributed by atoms with van der Waals surface area (Å²) < 4.78 is 18.3. The maximum atomic E-state index is 12.8. The molecule has 1 aromatic carbocycles. The van der Waals surface area contributed by atoms with Gasteiger partial charge in [-0.1, -0.05) is 12.1 Å². The monoisotopic (exact) mass is 239 g/mol. The van der Waals surface area contributed by atoms with Crippen LogP contribution in [0, 0.1) is 0 Å². The van der Waals surface area contributed by atoms with E-state index in [1.807, 2.05) is 30.5 Å². The minimum absolute atomic E-state index is 0.263. The van der Waals surface area contributed by atoms with E-state index in [4.69, 9.17) is 4.74 Å². The van der Waals surface area contributed by atoms with Crippen LogP contribution >= 0.6 is 11.8 Å². The van der Waals surface area contributed by atoms with E-state index >= 15 is 0 Å². The minimum Gasteiger partial charge on any atom is -0.471 e. The van der Waals surface area contributed by atoms with Gasteiger partial charge in [0.05, 0.1) is 0 Å². The van der Waals surface area contributed by atoms with Gasteiger partial charge in [0.1, 0.15) is 12.7 Å². The van der Waals surface area contributed by atoms with E-state index in [-0.39, 0.29) is 12.1 Å². The number of aliphatic imine (C=N–C) groups is 1. The van der Waals surface area contributed by atoms with Crippen LogP contribution in [0.3, 0.4) is 0 Å². The predicted molar refractivity (Wildman–Crippen MR) is 64.9 cm³/mol. The third-order valence-electron chi connectivity index (χ3n) is 2.60. The highest BCUT2D eigenvalue weighted by molar-refractivity contribution is 7.98. The topological polar surface area (TPSA) is 21.6 Å². The van der Waals surface area contributed by atoms with Crippen molar-refractivity contribution in [2.45, 2.75) is 24.0 Å². The second-order valence-corrected chi connectivity index (χ2v) is 4.56. The first-order chi connectivity index (χ1) is 7.74. The van der Waals surface area contributed by atoms with Crippen molar-refractivity contribution in [3.05, 3.63) is 29.8 Å². The first-order valence-corrected chi connectivity index (χ1v) is 6.38. The van der Waals surface area contributed by atoms with Crippen LogP contribution in [0.2, 0.25) is 0 Å². The Kier molecular flexibility index (Phi) is 3.49. The number of hydrogen-bond donors (Lipinski definition) is 0. The zero-order valence-corrected chi connectivity index (χ0v) is 10.1. The Bertz CT molecular complexity index is 391. The van der Waals surface area contributed by atoms with Crippen molar-refractivity contribution in [2.24, 2.45) is 4.99 Å². The smallest absolute Gasteiger partial charge is 0.181 e. The van der Waals surface area contributed by atoms with Crippen molar-refractivity contribution in [3.63, 3.8) is 0 Å². The van der Waals surface area contributed by atoms with Crippen molar-refractivity contribution in [1.29, 1.82) is 0 Å². The maximum absolute atomic E-state index is 12.8. The minimum atomic E-state index is -0.480. The molecule has 86 valence electrons. The molecule has 0 aromatic heterocycles. The molecule has 16 heavy (non-hydrogen) atoms. The number of thioether (sulfide) groups is 1. The van der Waals surface area contributed by atoms with Crippen LogP contribution < -0.4 is 0 Å². The molecule has 1 aromatic rings. The summed E-state index contributed by atoms with van der Waals surface area (Å²) in [7, 11) is 0. The molecule has 0 aliphatic carbocycles. The Morgan fingerprint density at radius 3 is 2.62 bits per heavy atom. The standard InChI is InChI=1S/C12H14FNOS/c1-8-14-11(7-13)12(15-8)9-3-5-10(16-2)6-4-9/h3-6,11-12H,7H2,1-2H3/t11-,12-/m1/s1. The third kappa shape index (κ3) is 2.21. The van der Waals surface area contributed by atoms with Crippen molar-refractivity contribution < 1.29 is 9.13 Å². The van der Waals surface area contributed by atoms with Crippen LogP contribution in [0.25, 0.3) is 0 Å². The van der Waals surface area contributed by atoms with Gasteiger partial charge in [-0.3, -0.25) is 0 Å². The van der Waals surface area contributed by atoms with E-state index in [1.54, 1.807) is 18.7 Å². The fourth-order valence-corrected chi connectivity index (χ4v) is 2.20. The number of alkyl halides is 1. The molecule has 0 spiro atoms. The van der Waals surface area contributed by atoms with Gasteiger partial charge in [0.15, 0.2) is 12.0 Å². The Morgan fingerprint density at radius 2 is 2.06 bits per heavy atom. The molecule has 0 radical (unpaired) electrons. The van der Waals surface area contributed by atoms with Gasteiger partial charge >= 0.3 is 0 Å². The highest BCUT2D eigenvalue weighted by Gasteiger charge is 2.30. The largest absolute Gasteiger partial charge is 0.471 e. The van der Waals surface area contributed by atoms with Crippen molar-refractivity contribution >= 4 is 17.7 Å². The third-order valence-corrected chi connectivity index (χ3v) is 3.34. The SMILES string of the molecule is CSc1ccc([C@H]2OC(C)=N[C@@H]2CF)cc1. The molecule has 0 fully saturated rings. The molecule has 0 amide bonds. The van der Waals surface area contributed by atoms with Gasteiger partial charge in [-0.25, -0.2) is 9.38 Å². The highest BCUT2D eigenvalue weighted by Crippen LogP contribution is 2.30. The van der Waals surface area contributed by atoms with Gasteiger partial charge < -0.3 is 4.74 Å². The van der Waals surface area contributed by atoms with Gasteiger partial charge in [0, 0.05) is 11.8 Å². The molecule has 1 heterocycles. The summed E-state index contributed by atoms with van der Waals surface area (Å²) in [6.07, 6.45) is 1.76. The highest BCUT2D eigenvalue weighted by atomic mass is 32.2. The average Bonchev–Trinajstić information content (AvgIpc) is 2.70. The lowest BCUT2D eigenvalue weighted by molar-refractivity contribution is 0.179. The average molecular weight is 239 g/mol. The Hall–Kier alpha value is -1.03. The lowest BCUT2D eigenvalue weighted by atomic mass is 10.0. The van der Waals surface area contributed by atoms with Crippen molar-refractivity contribution in [2.75, 3.05) is 12.9 Å². The number of rotatable bonds is 3. The van der Waals surface area contributed by atoms with Gasteiger partial charge in [-0.15, -0.1) is 11.8 Å². The Morgan fingerprint density at radius 1 is 1.38 bits per heavy atom. The normalized spacial score (nSPS) is 24.1. The summed E-state index contributed by atoms with van der Waals surface area (Å²) in [4.78, 5) is 5.31. The Labute approximate surface area is 98.9 Å². The van der Waals surface area contributed by atoms with E-state index in [0.717, 1.165) is 5.56 Å². The van der Waals surface area contributed by atoms with Gasteiger partial charge in [-0.05, 0) is 24.0 Å². The molecule has 2 nitrogen and oxygen atoms in total. The predicted octanol–water partition coefficient (Wildman–Crippen LogP) is 3.24. The summed E-state index contributed by atoms with van der Waals surface area (Å²) in [5, 5.41) is 0. The molecule has 2 atom stereocenters. The van der Waals surface area contributed by atoms with E-state index in [9.17, 15) is 4.39 Å². The van der Waals surface area contributed by atoms with E-state index in [0.29, 0.717) is 5.90 Å². The lowest BCUT2D eigenvalue weighted by Gasteiger charge is -2.15. The molecule has 2 rings (SSSR count). The zero-order chi connectivity index (χ0) is 11.5. The van der Waals surface area contributed by atoms with Crippen LogP contribution in [0.5, 0.6) is 0 Å². The fourth-order valence-electron chi connectivity index (χ4n) is 1.79. The van der Waals surface area contributed by atoms with Crippen LogP contribution in [0.1, 0.15) is 18.6 Å². The van der Waals surface area contributed by atoms with Crippen LogP contribution in [0.15, 0.2) is 34.2 Å². The molecule has 0 saturated heterocycles. The summed E-state index contributed by atoms with van der Waals surface area (Å²) in [5.41, 5.74) is 0.987. The molecule has 0 N–H and O–H groups in total. The van der Waals surface area contributed by atoms with Gasteiger partial charge in [0.2, 0.25) is 0 Å².